The highest BCUT2D eigenvalue weighted by atomic mass is 32.2. The van der Waals surface area contributed by atoms with Crippen LogP contribution < -0.4 is 14.2 Å². The summed E-state index contributed by atoms with van der Waals surface area (Å²) in [6, 6.07) is 14.0. The van der Waals surface area contributed by atoms with Gasteiger partial charge in [0.2, 0.25) is 0 Å². The third-order valence-electron chi connectivity index (χ3n) is 4.92. The maximum absolute atomic E-state index is 13.0. The fourth-order valence-corrected chi connectivity index (χ4v) is 4.35. The summed E-state index contributed by atoms with van der Waals surface area (Å²) in [6.07, 6.45) is 1.53. The van der Waals surface area contributed by atoms with E-state index in [1.807, 2.05) is 37.3 Å². The largest absolute Gasteiger partial charge is 0.491 e. The van der Waals surface area contributed by atoms with Gasteiger partial charge in [-0.05, 0) is 24.6 Å². The molecule has 0 amide bonds. The summed E-state index contributed by atoms with van der Waals surface area (Å²) in [5, 5.41) is 0.211. The number of H-pyrrole nitrogens is 1. The molecule has 0 aliphatic carbocycles. The van der Waals surface area contributed by atoms with Gasteiger partial charge in [-0.3, -0.25) is 9.19 Å². The molecule has 0 bridgehead atoms. The zero-order valence-electron chi connectivity index (χ0n) is 17.9. The number of ether oxygens (including phenoxy) is 3. The van der Waals surface area contributed by atoms with E-state index in [-0.39, 0.29) is 16.7 Å². The topological polar surface area (TPSA) is 86.3 Å². The molecule has 172 valence electrons. The number of fused-ring (bicyclic) bond motifs is 1. The molecule has 0 aliphatic heterocycles. The molecule has 1 atom stereocenters. The molecule has 0 fully saturated rings. The van der Waals surface area contributed by atoms with Gasteiger partial charge in [-0.2, -0.15) is 8.78 Å². The van der Waals surface area contributed by atoms with Gasteiger partial charge in [-0.25, -0.2) is 4.98 Å². The molecule has 4 rings (SSSR count). The number of alkyl halides is 2. The molecule has 1 N–H and O–H groups in total. The molecule has 0 spiro atoms. The number of hydrogen-bond donors (Lipinski definition) is 1. The Morgan fingerprint density at radius 3 is 2.67 bits per heavy atom. The molecular formula is C23H21F2N3O4S. The summed E-state index contributed by atoms with van der Waals surface area (Å²) in [7, 11) is -0.0341. The van der Waals surface area contributed by atoms with Crippen LogP contribution in [0.15, 0.2) is 59.9 Å². The Bertz CT molecular complexity index is 1280. The smallest absolute Gasteiger partial charge is 0.387 e. The van der Waals surface area contributed by atoms with Crippen molar-refractivity contribution in [2.24, 2.45) is 0 Å². The van der Waals surface area contributed by atoms with E-state index in [9.17, 15) is 13.0 Å². The highest BCUT2D eigenvalue weighted by molar-refractivity contribution is 7.84. The Morgan fingerprint density at radius 2 is 1.94 bits per heavy atom. The molecule has 2 aromatic heterocycles. The third-order valence-corrected chi connectivity index (χ3v) is 6.08. The molecule has 4 aromatic rings. The molecule has 1 unspecified atom stereocenters. The predicted octanol–water partition coefficient (Wildman–Crippen LogP) is 4.76. The second kappa shape index (κ2) is 9.95. The van der Waals surface area contributed by atoms with Crippen LogP contribution in [-0.2, 0) is 23.2 Å². The van der Waals surface area contributed by atoms with Gasteiger partial charge < -0.3 is 19.2 Å². The highest BCUT2D eigenvalue weighted by Crippen LogP contribution is 2.33. The number of methoxy groups -OCH3 is 1. The zero-order valence-corrected chi connectivity index (χ0v) is 18.7. The van der Waals surface area contributed by atoms with Gasteiger partial charge in [0.1, 0.15) is 12.4 Å². The van der Waals surface area contributed by atoms with Crippen LogP contribution in [0.3, 0.4) is 0 Å². The average Bonchev–Trinajstić information content (AvgIpc) is 3.23. The van der Waals surface area contributed by atoms with Crippen LogP contribution in [-0.4, -0.2) is 32.9 Å². The molecule has 10 heteroatoms. The van der Waals surface area contributed by atoms with E-state index in [2.05, 4.69) is 19.7 Å². The number of nitrogens with zero attached hydrogens (tertiary/aromatic N) is 2. The van der Waals surface area contributed by atoms with Crippen molar-refractivity contribution in [3.63, 3.8) is 0 Å². The first-order chi connectivity index (χ1) is 15.9. The normalized spacial score (nSPS) is 12.2. The Hall–Kier alpha value is -3.53. The number of nitrogens with one attached hydrogen (secondary N) is 1. The van der Waals surface area contributed by atoms with Crippen LogP contribution in [0.25, 0.3) is 11.0 Å². The second-order valence-electron chi connectivity index (χ2n) is 7.09. The Balaban J connectivity index is 1.55. The van der Waals surface area contributed by atoms with E-state index in [0.29, 0.717) is 40.4 Å². The van der Waals surface area contributed by atoms with Crippen LogP contribution >= 0.6 is 0 Å². The minimum Gasteiger partial charge on any atom is -0.491 e. The second-order valence-corrected chi connectivity index (χ2v) is 8.46. The quantitative estimate of drug-likeness (QED) is 0.377. The molecule has 33 heavy (non-hydrogen) atoms. The van der Waals surface area contributed by atoms with Gasteiger partial charge in [-0.1, -0.05) is 30.3 Å². The van der Waals surface area contributed by atoms with Gasteiger partial charge >= 0.3 is 6.61 Å². The maximum Gasteiger partial charge on any atom is 0.387 e. The zero-order chi connectivity index (χ0) is 23.4. The summed E-state index contributed by atoms with van der Waals surface area (Å²) in [5.41, 5.74) is 3.22. The van der Waals surface area contributed by atoms with Crippen LogP contribution in [0.1, 0.15) is 16.8 Å². The molecule has 7 nitrogen and oxygen atoms in total. The van der Waals surface area contributed by atoms with Crippen LogP contribution in [0, 0.1) is 6.92 Å². The van der Waals surface area contributed by atoms with Crippen molar-refractivity contribution in [2.45, 2.75) is 31.1 Å². The fourth-order valence-electron chi connectivity index (χ4n) is 3.25. The number of pyridine rings is 1. The van der Waals surface area contributed by atoms with E-state index in [1.54, 1.807) is 0 Å². The average molecular weight is 474 g/mol. The maximum atomic E-state index is 13.0. The predicted molar refractivity (Wildman–Crippen MR) is 119 cm³/mol. The minimum absolute atomic E-state index is 0.00801. The Labute approximate surface area is 191 Å². The molecule has 0 saturated carbocycles. The van der Waals surface area contributed by atoms with Crippen molar-refractivity contribution in [3.05, 3.63) is 71.5 Å². The number of halogens is 2. The highest BCUT2D eigenvalue weighted by Gasteiger charge is 2.18. The summed E-state index contributed by atoms with van der Waals surface area (Å²) in [5.74, 6) is 1.08. The summed E-state index contributed by atoms with van der Waals surface area (Å²) < 4.78 is 53.7. The Kier molecular flexibility index (Phi) is 6.83. The summed E-state index contributed by atoms with van der Waals surface area (Å²) >= 11 is 0. The fraction of sp³-hybridized carbons (Fsp3) is 0.217. The van der Waals surface area contributed by atoms with E-state index in [0.717, 1.165) is 5.56 Å². The summed E-state index contributed by atoms with van der Waals surface area (Å²) in [4.78, 5) is 11.6. The van der Waals surface area contributed by atoms with Crippen molar-refractivity contribution in [2.75, 3.05) is 7.11 Å². The Morgan fingerprint density at radius 1 is 1.15 bits per heavy atom. The lowest BCUT2D eigenvalue weighted by Gasteiger charge is -2.15. The molecule has 0 aliphatic rings. The van der Waals surface area contributed by atoms with Crippen molar-refractivity contribution in [1.82, 2.24) is 15.0 Å². The van der Waals surface area contributed by atoms with Crippen molar-refractivity contribution in [3.8, 4) is 17.2 Å². The minimum atomic E-state index is -2.93. The number of aromatic amines is 1. The first kappa shape index (κ1) is 22.7. The number of benzene rings is 2. The monoisotopic (exact) mass is 473 g/mol. The lowest BCUT2D eigenvalue weighted by Crippen LogP contribution is -2.06. The lowest BCUT2D eigenvalue weighted by molar-refractivity contribution is -0.0497. The van der Waals surface area contributed by atoms with Gasteiger partial charge in [0, 0.05) is 11.6 Å². The summed E-state index contributed by atoms with van der Waals surface area (Å²) in [6.45, 7) is -0.756. The van der Waals surface area contributed by atoms with Crippen molar-refractivity contribution < 1.29 is 27.2 Å². The molecule has 2 aromatic carbocycles. The first-order valence-corrected chi connectivity index (χ1v) is 11.3. The van der Waals surface area contributed by atoms with Crippen LogP contribution in [0.4, 0.5) is 8.78 Å². The number of aromatic nitrogens is 3. The van der Waals surface area contributed by atoms with E-state index >= 15 is 0 Å². The van der Waals surface area contributed by atoms with Crippen molar-refractivity contribution >= 4 is 21.8 Å². The van der Waals surface area contributed by atoms with Gasteiger partial charge in [0.25, 0.3) is 0 Å². The standard InChI is InChI=1S/C23H21F2N3O4S/c1-14-19(26-11-20(30-2)21(14)31-12-15-6-4-3-5-7-15)13-33(29)23-27-17-9-8-16(32-22(24)25)10-18(17)28-23/h3-11,22H,12-13H2,1-2H3,(H,27,28). The lowest BCUT2D eigenvalue weighted by atomic mass is 10.2. The first-order valence-electron chi connectivity index (χ1n) is 9.96. The van der Waals surface area contributed by atoms with Crippen LogP contribution in [0.2, 0.25) is 0 Å². The molecule has 0 radical (unpaired) electrons. The van der Waals surface area contributed by atoms with E-state index in [4.69, 9.17) is 9.47 Å². The third kappa shape index (κ3) is 5.28. The van der Waals surface area contributed by atoms with Gasteiger partial charge in [0.05, 0.1) is 46.6 Å². The van der Waals surface area contributed by atoms with Crippen LogP contribution in [0.5, 0.6) is 17.2 Å². The van der Waals surface area contributed by atoms with Gasteiger partial charge in [0.15, 0.2) is 16.7 Å². The molecule has 0 saturated heterocycles. The van der Waals surface area contributed by atoms with E-state index in [1.165, 1.54) is 31.5 Å². The number of hydrogen-bond acceptors (Lipinski definition) is 6. The van der Waals surface area contributed by atoms with Gasteiger partial charge in [-0.15, -0.1) is 0 Å². The number of imidazole rings is 1. The SMILES string of the molecule is COc1cnc(CS(=O)c2nc3ccc(OC(F)F)cc3[nH]2)c(C)c1OCc1ccccc1. The van der Waals surface area contributed by atoms with E-state index < -0.39 is 17.4 Å². The molecular weight excluding hydrogens is 452 g/mol. The van der Waals surface area contributed by atoms with Crippen molar-refractivity contribution in [1.29, 1.82) is 0 Å². The number of rotatable bonds is 9. The molecule has 2 heterocycles.